The van der Waals surface area contributed by atoms with Crippen LogP contribution in [0.2, 0.25) is 0 Å². The Balaban J connectivity index is 2.12. The quantitative estimate of drug-likeness (QED) is 0.0347. The average molecular weight is 740 g/mol. The smallest absolute Gasteiger partial charge is 0.394 e. The first kappa shape index (κ1) is 46.0. The maximum Gasteiger partial charge on any atom is 0.495 e. The Hall–Kier alpha value is -1.02. The summed E-state index contributed by atoms with van der Waals surface area (Å²) in [4.78, 5) is 2.29. The highest BCUT2D eigenvalue weighted by Gasteiger charge is 2.52. The van der Waals surface area contributed by atoms with Gasteiger partial charge in [0.25, 0.3) is 0 Å². The minimum atomic E-state index is -5.48. The summed E-state index contributed by atoms with van der Waals surface area (Å²) in [6.07, 6.45) is -16.2. The molecule has 5 N–H and O–H groups in total. The second kappa shape index (κ2) is 25.9. The number of ether oxygens (including phenoxy) is 9. The number of alkyl halides is 6. The van der Waals surface area contributed by atoms with E-state index < -0.39 is 76.0 Å². The van der Waals surface area contributed by atoms with Crippen LogP contribution in [-0.4, -0.2) is 192 Å². The van der Waals surface area contributed by atoms with Gasteiger partial charge in [-0.2, -0.15) is 17.6 Å². The monoisotopic (exact) mass is 739 g/mol. The number of rotatable bonds is 32. The van der Waals surface area contributed by atoms with Crippen molar-refractivity contribution < 1.29 is 94.5 Å². The van der Waals surface area contributed by atoms with Crippen LogP contribution in [0.1, 0.15) is 19.3 Å². The molecular formula is C28H51F6NO14. The third kappa shape index (κ3) is 26.4. The Morgan fingerprint density at radius 1 is 0.490 bits per heavy atom. The summed E-state index contributed by atoms with van der Waals surface area (Å²) in [5.74, 6) is 0. The zero-order valence-corrected chi connectivity index (χ0v) is 27.3. The summed E-state index contributed by atoms with van der Waals surface area (Å²) < 4.78 is 123. The van der Waals surface area contributed by atoms with E-state index in [4.69, 9.17) is 28.8 Å². The molecule has 0 spiro atoms. The van der Waals surface area contributed by atoms with Gasteiger partial charge in [0, 0.05) is 6.54 Å². The van der Waals surface area contributed by atoms with Crippen LogP contribution < -0.4 is 0 Å². The van der Waals surface area contributed by atoms with Gasteiger partial charge in [-0.25, -0.2) is 9.47 Å². The van der Waals surface area contributed by atoms with E-state index in [1.807, 2.05) is 0 Å². The van der Waals surface area contributed by atoms with Gasteiger partial charge in [0.1, 0.15) is 37.6 Å². The fourth-order valence-corrected chi connectivity index (χ4v) is 4.02. The van der Waals surface area contributed by atoms with Gasteiger partial charge in [-0.3, -0.25) is 0 Å². The van der Waals surface area contributed by atoms with E-state index >= 15 is 0 Å². The van der Waals surface area contributed by atoms with Crippen LogP contribution in [0.4, 0.5) is 26.3 Å². The van der Waals surface area contributed by atoms with Crippen LogP contribution in [0, 0.1) is 0 Å². The molecule has 0 amide bonds. The second-order valence-electron chi connectivity index (χ2n) is 11.1. The number of hydrogen-bond donors (Lipinski definition) is 5. The molecule has 4 unspecified atom stereocenters. The van der Waals surface area contributed by atoms with Crippen LogP contribution in [0.15, 0.2) is 0 Å². The zero-order valence-electron chi connectivity index (χ0n) is 27.3. The van der Waals surface area contributed by atoms with Crippen molar-refractivity contribution in [3.8, 4) is 0 Å². The first-order chi connectivity index (χ1) is 23.1. The molecule has 49 heavy (non-hydrogen) atoms. The Labute approximate surface area is 280 Å². The zero-order chi connectivity index (χ0) is 36.6. The Kier molecular flexibility index (Phi) is 24.3. The van der Waals surface area contributed by atoms with Gasteiger partial charge in [-0.05, 0) is 25.9 Å². The van der Waals surface area contributed by atoms with Crippen LogP contribution in [0.5, 0.6) is 0 Å². The number of aliphatic hydroxyl groups is 5. The number of halogens is 6. The molecule has 0 aromatic rings. The lowest BCUT2D eigenvalue weighted by Crippen LogP contribution is -2.44. The SMILES string of the molecule is OCCOCC(O)COCC(O)COCC(F)(F)OC(F)(F)OC(F)(F)COCCOCC(O)COCC(O)COCCN1CCCCC1. The second-order valence-corrected chi connectivity index (χ2v) is 11.1. The molecule has 15 nitrogen and oxygen atoms in total. The summed E-state index contributed by atoms with van der Waals surface area (Å²) in [7, 11) is 0. The predicted molar refractivity (Wildman–Crippen MR) is 154 cm³/mol. The molecule has 0 aliphatic carbocycles. The predicted octanol–water partition coefficient (Wildman–Crippen LogP) is -0.206. The summed E-state index contributed by atoms with van der Waals surface area (Å²) >= 11 is 0. The summed E-state index contributed by atoms with van der Waals surface area (Å²) in [6.45, 7) is -3.99. The number of piperidine rings is 1. The van der Waals surface area contributed by atoms with E-state index in [-0.39, 0.29) is 59.5 Å². The third-order valence-corrected chi connectivity index (χ3v) is 6.17. The van der Waals surface area contributed by atoms with E-state index in [1.54, 1.807) is 0 Å². The topological polar surface area (TPSA) is 187 Å². The highest BCUT2D eigenvalue weighted by molar-refractivity contribution is 4.64. The van der Waals surface area contributed by atoms with E-state index in [9.17, 15) is 46.8 Å². The Bertz CT molecular complexity index is 807. The van der Waals surface area contributed by atoms with Crippen LogP contribution >= 0.6 is 0 Å². The highest BCUT2D eigenvalue weighted by Crippen LogP contribution is 2.33. The van der Waals surface area contributed by atoms with E-state index in [0.29, 0.717) is 6.61 Å². The third-order valence-electron chi connectivity index (χ3n) is 6.17. The molecular weight excluding hydrogens is 688 g/mol. The van der Waals surface area contributed by atoms with Crippen LogP contribution in [-0.2, 0) is 42.6 Å². The normalized spacial score (nSPS) is 17.7. The molecule has 1 heterocycles. The fraction of sp³-hybridized carbons (Fsp3) is 1.00. The highest BCUT2D eigenvalue weighted by atomic mass is 19.3. The lowest BCUT2D eigenvalue weighted by molar-refractivity contribution is -0.518. The summed E-state index contributed by atoms with van der Waals surface area (Å²) in [5.41, 5.74) is 0. The maximum absolute atomic E-state index is 13.7. The lowest BCUT2D eigenvalue weighted by Gasteiger charge is -2.26. The van der Waals surface area contributed by atoms with Crippen LogP contribution in [0.25, 0.3) is 0 Å². The van der Waals surface area contributed by atoms with Gasteiger partial charge in [0.2, 0.25) is 0 Å². The molecule has 1 aliphatic rings. The molecule has 1 aliphatic heterocycles. The van der Waals surface area contributed by atoms with Gasteiger partial charge in [0.05, 0.1) is 85.9 Å². The maximum atomic E-state index is 13.7. The molecule has 0 bridgehead atoms. The van der Waals surface area contributed by atoms with Crippen molar-refractivity contribution in [2.45, 2.75) is 62.2 Å². The number of aliphatic hydroxyl groups excluding tert-OH is 5. The molecule has 0 aromatic heterocycles. The number of hydrogen-bond acceptors (Lipinski definition) is 15. The summed E-state index contributed by atoms with van der Waals surface area (Å²) in [6, 6.07) is 0. The molecule has 21 heteroatoms. The van der Waals surface area contributed by atoms with Gasteiger partial charge in [-0.1, -0.05) is 6.42 Å². The van der Waals surface area contributed by atoms with Crippen molar-refractivity contribution in [1.29, 1.82) is 0 Å². The minimum Gasteiger partial charge on any atom is -0.394 e. The lowest BCUT2D eigenvalue weighted by atomic mass is 10.1. The Morgan fingerprint density at radius 2 is 0.878 bits per heavy atom. The molecule has 1 rings (SSSR count). The van der Waals surface area contributed by atoms with Crippen molar-refractivity contribution in [3.05, 3.63) is 0 Å². The van der Waals surface area contributed by atoms with Gasteiger partial charge in [0.15, 0.2) is 0 Å². The molecule has 0 saturated carbocycles. The Morgan fingerprint density at radius 3 is 1.37 bits per heavy atom. The van der Waals surface area contributed by atoms with Crippen molar-refractivity contribution in [1.82, 2.24) is 4.90 Å². The van der Waals surface area contributed by atoms with E-state index in [2.05, 4.69) is 23.8 Å². The number of nitrogens with zero attached hydrogens (tertiary/aromatic N) is 1. The molecule has 1 saturated heterocycles. The minimum absolute atomic E-state index is 0.0243. The van der Waals surface area contributed by atoms with Crippen LogP contribution in [0.3, 0.4) is 0 Å². The largest absolute Gasteiger partial charge is 0.495 e. The molecule has 0 aromatic carbocycles. The fourth-order valence-electron chi connectivity index (χ4n) is 4.02. The first-order valence-corrected chi connectivity index (χ1v) is 15.8. The van der Waals surface area contributed by atoms with E-state index in [0.717, 1.165) is 32.5 Å². The molecule has 4 atom stereocenters. The number of likely N-dealkylation sites (tertiary alicyclic amines) is 1. The van der Waals surface area contributed by atoms with Crippen molar-refractivity contribution in [2.75, 3.05) is 119 Å². The van der Waals surface area contributed by atoms with Crippen molar-refractivity contribution in [3.63, 3.8) is 0 Å². The van der Waals surface area contributed by atoms with Gasteiger partial charge >= 0.3 is 18.5 Å². The average Bonchev–Trinajstić information content (AvgIpc) is 3.00. The molecule has 0 radical (unpaired) electrons. The van der Waals surface area contributed by atoms with E-state index in [1.165, 1.54) is 6.42 Å². The van der Waals surface area contributed by atoms with Gasteiger partial charge in [-0.15, -0.1) is 8.78 Å². The summed E-state index contributed by atoms with van der Waals surface area (Å²) in [5, 5.41) is 47.4. The van der Waals surface area contributed by atoms with Gasteiger partial charge < -0.3 is 63.6 Å². The standard InChI is InChI=1S/C28H51F6NO14/c29-26(30,48-28(33,34)49-27(31,32)21-47-19-25(40)18-46-16-23(38)13-42-9-7-36)20-44-11-10-43-14-24(39)17-45-15-22(37)12-41-8-6-35-4-2-1-3-5-35/h22-25,36-40H,1-21H2. The molecule has 294 valence electrons. The van der Waals surface area contributed by atoms with Crippen molar-refractivity contribution in [2.24, 2.45) is 0 Å². The van der Waals surface area contributed by atoms with Crippen molar-refractivity contribution >= 4 is 0 Å². The molecule has 1 fully saturated rings. The first-order valence-electron chi connectivity index (χ1n) is 15.8.